The Morgan fingerprint density at radius 3 is 2.63 bits per heavy atom. The van der Waals surface area contributed by atoms with Crippen molar-refractivity contribution in [2.45, 2.75) is 31.8 Å². The number of hydrogen-bond donors (Lipinski definition) is 1. The van der Waals surface area contributed by atoms with Crippen LogP contribution in [0.2, 0.25) is 0 Å². The smallest absolute Gasteiger partial charge is 0.337 e. The van der Waals surface area contributed by atoms with E-state index in [0.717, 1.165) is 24.8 Å². The molecule has 1 aliphatic carbocycles. The molecule has 5 nitrogen and oxygen atoms in total. The summed E-state index contributed by atoms with van der Waals surface area (Å²) in [4.78, 5) is 26.0. The molecule has 3 rings (SSSR count). The molecular weight excluding hydrogens is 340 g/mol. The maximum absolute atomic E-state index is 12.4. The molecule has 1 aliphatic rings. The molecule has 27 heavy (non-hydrogen) atoms. The topological polar surface area (TPSA) is 58.6 Å². The number of carbonyl (C=O) groups is 2. The quantitative estimate of drug-likeness (QED) is 0.798. The predicted molar refractivity (Wildman–Crippen MR) is 104 cm³/mol. The van der Waals surface area contributed by atoms with Gasteiger partial charge in [-0.3, -0.25) is 9.69 Å². The van der Waals surface area contributed by atoms with Crippen LogP contribution in [-0.4, -0.2) is 37.5 Å². The van der Waals surface area contributed by atoms with E-state index < -0.39 is 0 Å². The Labute approximate surface area is 160 Å². The summed E-state index contributed by atoms with van der Waals surface area (Å²) in [5.41, 5.74) is 4.19. The number of ether oxygens (including phenoxy) is 1. The first-order valence-electron chi connectivity index (χ1n) is 9.30. The highest BCUT2D eigenvalue weighted by molar-refractivity contribution is 5.89. The summed E-state index contributed by atoms with van der Waals surface area (Å²) in [6, 6.07) is 15.9. The van der Waals surface area contributed by atoms with Gasteiger partial charge in [0.25, 0.3) is 0 Å². The number of nitrogens with zero attached hydrogens (tertiary/aromatic N) is 1. The molecule has 5 heteroatoms. The number of carbonyl (C=O) groups excluding carboxylic acids is 2. The van der Waals surface area contributed by atoms with E-state index in [9.17, 15) is 9.59 Å². The average molecular weight is 366 g/mol. The van der Waals surface area contributed by atoms with E-state index in [1.54, 1.807) is 12.1 Å². The van der Waals surface area contributed by atoms with Crippen molar-refractivity contribution in [3.05, 3.63) is 70.8 Å². The Hall–Kier alpha value is -2.66. The zero-order chi connectivity index (χ0) is 19.2. The molecule has 0 aliphatic heterocycles. The van der Waals surface area contributed by atoms with E-state index in [1.165, 1.54) is 18.2 Å². The van der Waals surface area contributed by atoms with Crippen molar-refractivity contribution in [2.24, 2.45) is 0 Å². The number of esters is 1. The molecule has 0 spiro atoms. The Bertz CT molecular complexity index is 801. The minimum Gasteiger partial charge on any atom is -0.465 e. The Morgan fingerprint density at radius 2 is 1.89 bits per heavy atom. The second-order valence-electron chi connectivity index (χ2n) is 6.99. The first kappa shape index (κ1) is 19.1. The zero-order valence-electron chi connectivity index (χ0n) is 15.9. The average Bonchev–Trinajstić information content (AvgIpc) is 2.71. The molecule has 0 heterocycles. The lowest BCUT2D eigenvalue weighted by Crippen LogP contribution is -2.37. The molecule has 2 aromatic rings. The number of benzene rings is 2. The van der Waals surface area contributed by atoms with Gasteiger partial charge < -0.3 is 10.1 Å². The van der Waals surface area contributed by atoms with Crippen LogP contribution in [0, 0.1) is 0 Å². The lowest BCUT2D eigenvalue weighted by molar-refractivity contribution is -0.122. The van der Waals surface area contributed by atoms with Gasteiger partial charge in [-0.15, -0.1) is 0 Å². The number of rotatable bonds is 6. The first-order chi connectivity index (χ1) is 13.1. The van der Waals surface area contributed by atoms with Crippen molar-refractivity contribution in [1.29, 1.82) is 0 Å². The van der Waals surface area contributed by atoms with Crippen LogP contribution >= 0.6 is 0 Å². The zero-order valence-corrected chi connectivity index (χ0v) is 15.9. The first-order valence-corrected chi connectivity index (χ1v) is 9.30. The fourth-order valence-electron chi connectivity index (χ4n) is 3.66. The van der Waals surface area contributed by atoms with Crippen LogP contribution in [-0.2, 0) is 22.5 Å². The van der Waals surface area contributed by atoms with Gasteiger partial charge in [0.2, 0.25) is 5.91 Å². The number of fused-ring (bicyclic) bond motifs is 1. The summed E-state index contributed by atoms with van der Waals surface area (Å²) in [7, 11) is 3.37. The molecule has 1 N–H and O–H groups in total. The molecule has 1 unspecified atom stereocenters. The van der Waals surface area contributed by atoms with Crippen LogP contribution in [0.5, 0.6) is 0 Å². The second kappa shape index (κ2) is 8.82. The lowest BCUT2D eigenvalue weighted by atomic mass is 9.87. The maximum atomic E-state index is 12.4. The number of likely N-dealkylation sites (N-methyl/N-ethyl adjacent to an activating group) is 1. The molecule has 0 radical (unpaired) electrons. The summed E-state index contributed by atoms with van der Waals surface area (Å²) in [6.45, 7) is 0.800. The van der Waals surface area contributed by atoms with Gasteiger partial charge in [0, 0.05) is 12.6 Å². The van der Waals surface area contributed by atoms with E-state index >= 15 is 0 Å². The minimum absolute atomic E-state index is 0.00222. The third kappa shape index (κ3) is 4.74. The molecule has 2 aromatic carbocycles. The highest BCUT2D eigenvalue weighted by atomic mass is 16.5. The van der Waals surface area contributed by atoms with Gasteiger partial charge in [-0.1, -0.05) is 36.4 Å². The van der Waals surface area contributed by atoms with Gasteiger partial charge in [0.05, 0.1) is 19.2 Å². The van der Waals surface area contributed by atoms with Crippen LogP contribution in [0.15, 0.2) is 48.5 Å². The Kier molecular flexibility index (Phi) is 6.24. The second-order valence-corrected chi connectivity index (χ2v) is 6.99. The highest BCUT2D eigenvalue weighted by Crippen LogP contribution is 2.33. The molecular formula is C22H26N2O3. The van der Waals surface area contributed by atoms with Crippen LogP contribution < -0.4 is 5.32 Å². The van der Waals surface area contributed by atoms with Crippen LogP contribution in [0.1, 0.15) is 45.9 Å². The number of nitrogens with one attached hydrogen (secondary N) is 1. The SMILES string of the molecule is COC(=O)c1ccc(CNC(=O)CN(C)C2CCCc3ccccc32)cc1. The van der Waals surface area contributed by atoms with E-state index in [-0.39, 0.29) is 11.9 Å². The normalized spacial score (nSPS) is 15.9. The fourth-order valence-corrected chi connectivity index (χ4v) is 3.66. The number of aryl methyl sites for hydroxylation is 1. The molecule has 0 aromatic heterocycles. The lowest BCUT2D eigenvalue weighted by Gasteiger charge is -2.32. The highest BCUT2D eigenvalue weighted by Gasteiger charge is 2.24. The van der Waals surface area contributed by atoms with Gasteiger partial charge in [0.15, 0.2) is 0 Å². The van der Waals surface area contributed by atoms with E-state index in [0.29, 0.717) is 24.7 Å². The minimum atomic E-state index is -0.361. The van der Waals surface area contributed by atoms with Crippen molar-refractivity contribution in [3.8, 4) is 0 Å². The van der Waals surface area contributed by atoms with Crippen LogP contribution in [0.4, 0.5) is 0 Å². The summed E-state index contributed by atoms with van der Waals surface area (Å²) in [6.07, 6.45) is 3.35. The molecule has 0 bridgehead atoms. The summed E-state index contributed by atoms with van der Waals surface area (Å²) in [5.74, 6) is -0.363. The van der Waals surface area contributed by atoms with Crippen LogP contribution in [0.25, 0.3) is 0 Å². The third-order valence-electron chi connectivity index (χ3n) is 5.13. The van der Waals surface area contributed by atoms with Crippen molar-refractivity contribution < 1.29 is 14.3 Å². The largest absolute Gasteiger partial charge is 0.465 e. The third-order valence-corrected chi connectivity index (χ3v) is 5.13. The Morgan fingerprint density at radius 1 is 1.15 bits per heavy atom. The predicted octanol–water partition coefficient (Wildman–Crippen LogP) is 3.10. The fraction of sp³-hybridized carbons (Fsp3) is 0.364. The molecule has 1 atom stereocenters. The molecule has 1 amide bonds. The van der Waals surface area contributed by atoms with Crippen molar-refractivity contribution in [1.82, 2.24) is 10.2 Å². The monoisotopic (exact) mass is 366 g/mol. The van der Waals surface area contributed by atoms with E-state index in [4.69, 9.17) is 0 Å². The summed E-state index contributed by atoms with van der Waals surface area (Å²) >= 11 is 0. The molecule has 0 saturated heterocycles. The van der Waals surface area contributed by atoms with E-state index in [1.807, 2.05) is 19.2 Å². The van der Waals surface area contributed by atoms with Gasteiger partial charge >= 0.3 is 5.97 Å². The van der Waals surface area contributed by atoms with Gasteiger partial charge in [-0.25, -0.2) is 4.79 Å². The standard InChI is InChI=1S/C22H26N2O3/c1-24(20-9-5-7-17-6-3-4-8-19(17)20)15-21(25)23-14-16-10-12-18(13-11-16)22(26)27-2/h3-4,6,8,10-13,20H,5,7,9,14-15H2,1-2H3,(H,23,25). The van der Waals surface area contributed by atoms with Gasteiger partial charge in [-0.2, -0.15) is 0 Å². The molecule has 142 valence electrons. The van der Waals surface area contributed by atoms with E-state index in [2.05, 4.69) is 39.2 Å². The molecule has 0 saturated carbocycles. The summed E-state index contributed by atoms with van der Waals surface area (Å²) < 4.78 is 4.69. The van der Waals surface area contributed by atoms with Crippen molar-refractivity contribution >= 4 is 11.9 Å². The van der Waals surface area contributed by atoms with Crippen molar-refractivity contribution in [2.75, 3.05) is 20.7 Å². The number of methoxy groups -OCH3 is 1. The van der Waals surface area contributed by atoms with Gasteiger partial charge in [0.1, 0.15) is 0 Å². The number of amides is 1. The van der Waals surface area contributed by atoms with Gasteiger partial charge in [-0.05, 0) is 55.1 Å². The Balaban J connectivity index is 1.53. The summed E-state index contributed by atoms with van der Waals surface area (Å²) in [5, 5.41) is 2.96. The van der Waals surface area contributed by atoms with Crippen LogP contribution in [0.3, 0.4) is 0 Å². The maximum Gasteiger partial charge on any atom is 0.337 e. The number of hydrogen-bond acceptors (Lipinski definition) is 4. The molecule has 0 fully saturated rings. The van der Waals surface area contributed by atoms with Crippen molar-refractivity contribution in [3.63, 3.8) is 0 Å².